The van der Waals surface area contributed by atoms with Crippen LogP contribution >= 0.6 is 23.2 Å². The average Bonchev–Trinajstić information content (AvgIpc) is 3.19. The van der Waals surface area contributed by atoms with Crippen LogP contribution in [0.4, 0.5) is 14.6 Å². The van der Waals surface area contributed by atoms with E-state index in [4.69, 9.17) is 33.7 Å². The molecular formula is C20H16Cl2F2N6O4. The molecule has 2 aromatic heterocycles. The van der Waals surface area contributed by atoms with Gasteiger partial charge in [-0.3, -0.25) is 14.6 Å². The molecule has 1 aromatic carbocycles. The van der Waals surface area contributed by atoms with Crippen molar-refractivity contribution in [2.75, 3.05) is 5.73 Å². The van der Waals surface area contributed by atoms with E-state index in [-0.39, 0.29) is 52.0 Å². The number of hydrogen-bond acceptors (Lipinski definition) is 7. The first kappa shape index (κ1) is 22.5. The summed E-state index contributed by atoms with van der Waals surface area (Å²) in [5.74, 6) is -3.65. The molecule has 10 nitrogen and oxygen atoms in total. The van der Waals surface area contributed by atoms with Gasteiger partial charge < -0.3 is 10.5 Å². The molecule has 4 N–H and O–H groups in total. The van der Waals surface area contributed by atoms with Gasteiger partial charge in [-0.2, -0.15) is 4.68 Å². The average molecular weight is 513 g/mol. The molecule has 0 spiro atoms. The van der Waals surface area contributed by atoms with Crippen LogP contribution in [0.1, 0.15) is 36.3 Å². The summed E-state index contributed by atoms with van der Waals surface area (Å²) in [6, 6.07) is 2.64. The Balaban J connectivity index is 1.49. The standard InChI is InChI=1S/C20H16Cl2F2N6O4/c21-11-3-8(30-19(33)26-17(32)15(25)29-30)4-12(22)14(11)34-18-10-2-1-9(7-5-20(23,24)6-7)13(10)16(31)27-28-18/h3-4,7,9H,1-2,5-6H2,(H2,25,29)(H,27,31)(H,26,32,33). The molecule has 0 bridgehead atoms. The molecule has 1 saturated carbocycles. The predicted octanol–water partition coefficient (Wildman–Crippen LogP) is 2.76. The number of aromatic nitrogens is 5. The van der Waals surface area contributed by atoms with Crippen LogP contribution in [0.2, 0.25) is 10.0 Å². The summed E-state index contributed by atoms with van der Waals surface area (Å²) in [5, 5.41) is 10.0. The fourth-order valence-corrected chi connectivity index (χ4v) is 5.11. The SMILES string of the molecule is Nc1nn(-c2cc(Cl)c(Oc3n[nH]c(=O)c4c3CCC4C3CC(F)(F)C3)c(Cl)c2)c(=O)[nH]c1=O. The summed E-state index contributed by atoms with van der Waals surface area (Å²) in [6.07, 6.45) is 0.454. The molecule has 2 aliphatic rings. The summed E-state index contributed by atoms with van der Waals surface area (Å²) in [6.45, 7) is 0. The minimum absolute atomic E-state index is 0.00194. The van der Waals surface area contributed by atoms with Crippen LogP contribution < -0.4 is 27.3 Å². The smallest absolute Gasteiger partial charge is 0.349 e. The van der Waals surface area contributed by atoms with Crippen molar-refractivity contribution < 1.29 is 13.5 Å². The van der Waals surface area contributed by atoms with Gasteiger partial charge in [-0.15, -0.1) is 10.2 Å². The molecule has 2 aliphatic carbocycles. The molecule has 0 radical (unpaired) electrons. The van der Waals surface area contributed by atoms with Crippen molar-refractivity contribution in [2.24, 2.45) is 5.92 Å². The minimum Gasteiger partial charge on any atom is -0.434 e. The predicted molar refractivity (Wildman–Crippen MR) is 119 cm³/mol. The number of hydrogen-bond donors (Lipinski definition) is 3. The van der Waals surface area contributed by atoms with Crippen LogP contribution in [0.3, 0.4) is 0 Å². The second-order valence-electron chi connectivity index (χ2n) is 8.32. The summed E-state index contributed by atoms with van der Waals surface area (Å²) in [4.78, 5) is 38.0. The number of benzene rings is 1. The lowest BCUT2D eigenvalue weighted by Crippen LogP contribution is -2.39. The summed E-state index contributed by atoms with van der Waals surface area (Å²) < 4.78 is 33.4. The number of anilines is 1. The van der Waals surface area contributed by atoms with Gasteiger partial charge in [-0.05, 0) is 36.8 Å². The first-order chi connectivity index (χ1) is 16.0. The highest BCUT2D eigenvalue weighted by atomic mass is 35.5. The Morgan fingerprint density at radius 2 is 1.82 bits per heavy atom. The number of rotatable bonds is 4. The van der Waals surface area contributed by atoms with E-state index in [1.54, 1.807) is 0 Å². The third kappa shape index (κ3) is 3.76. The molecule has 178 valence electrons. The maximum Gasteiger partial charge on any atom is 0.349 e. The normalized spacial score (nSPS) is 19.0. The van der Waals surface area contributed by atoms with Gasteiger partial charge >= 0.3 is 5.69 Å². The van der Waals surface area contributed by atoms with Gasteiger partial charge in [0.1, 0.15) is 0 Å². The fourth-order valence-electron chi connectivity index (χ4n) is 4.56. The van der Waals surface area contributed by atoms with Gasteiger partial charge in [0.15, 0.2) is 5.75 Å². The number of nitrogens with two attached hydrogens (primary N) is 1. The van der Waals surface area contributed by atoms with Crippen LogP contribution in [0, 0.1) is 5.92 Å². The lowest BCUT2D eigenvalue weighted by Gasteiger charge is -2.38. The Bertz CT molecular complexity index is 1470. The van der Waals surface area contributed by atoms with Crippen molar-refractivity contribution in [2.45, 2.75) is 37.5 Å². The molecule has 0 amide bonds. The quantitative estimate of drug-likeness (QED) is 0.486. The van der Waals surface area contributed by atoms with Gasteiger partial charge in [-0.1, -0.05) is 23.2 Å². The molecular weight excluding hydrogens is 497 g/mol. The van der Waals surface area contributed by atoms with Gasteiger partial charge in [-0.25, -0.2) is 18.7 Å². The van der Waals surface area contributed by atoms with Crippen LogP contribution in [-0.2, 0) is 6.42 Å². The Morgan fingerprint density at radius 1 is 1.15 bits per heavy atom. The summed E-state index contributed by atoms with van der Waals surface area (Å²) >= 11 is 12.7. The second kappa shape index (κ2) is 7.91. The van der Waals surface area contributed by atoms with Gasteiger partial charge in [0, 0.05) is 24.0 Å². The first-order valence-electron chi connectivity index (χ1n) is 10.2. The molecule has 1 unspecified atom stereocenters. The largest absolute Gasteiger partial charge is 0.434 e. The third-order valence-electron chi connectivity index (χ3n) is 6.13. The summed E-state index contributed by atoms with van der Waals surface area (Å²) in [5.41, 5.74) is 4.38. The van der Waals surface area contributed by atoms with E-state index in [1.807, 2.05) is 4.98 Å². The molecule has 3 aromatic rings. The maximum atomic E-state index is 13.4. The van der Waals surface area contributed by atoms with E-state index in [9.17, 15) is 23.2 Å². The molecule has 1 atom stereocenters. The number of alkyl halides is 2. The van der Waals surface area contributed by atoms with Crippen LogP contribution in [0.5, 0.6) is 11.6 Å². The van der Waals surface area contributed by atoms with Crippen LogP contribution in [-0.4, -0.2) is 30.9 Å². The Labute approximate surface area is 198 Å². The molecule has 34 heavy (non-hydrogen) atoms. The van der Waals surface area contributed by atoms with Gasteiger partial charge in [0.25, 0.3) is 11.1 Å². The van der Waals surface area contributed by atoms with Crippen LogP contribution in [0.25, 0.3) is 5.69 Å². The molecule has 1 fully saturated rings. The monoisotopic (exact) mass is 512 g/mol. The molecule has 0 saturated heterocycles. The highest BCUT2D eigenvalue weighted by molar-refractivity contribution is 6.37. The molecule has 0 aliphatic heterocycles. The number of nitrogens with one attached hydrogen (secondary N) is 2. The number of fused-ring (bicyclic) bond motifs is 1. The number of nitrogen functional groups attached to an aromatic ring is 1. The highest BCUT2D eigenvalue weighted by Crippen LogP contribution is 2.53. The molecule has 5 rings (SSSR count). The van der Waals surface area contributed by atoms with Crippen molar-refractivity contribution in [3.63, 3.8) is 0 Å². The Hall–Kier alpha value is -3.25. The van der Waals surface area contributed by atoms with Crippen molar-refractivity contribution in [1.82, 2.24) is 25.0 Å². The summed E-state index contributed by atoms with van der Waals surface area (Å²) in [7, 11) is 0. The maximum absolute atomic E-state index is 13.4. The van der Waals surface area contributed by atoms with Crippen molar-refractivity contribution in [3.8, 4) is 17.3 Å². The Morgan fingerprint density at radius 3 is 2.47 bits per heavy atom. The Kier molecular flexibility index (Phi) is 5.24. The highest BCUT2D eigenvalue weighted by Gasteiger charge is 2.50. The second-order valence-corrected chi connectivity index (χ2v) is 9.13. The minimum atomic E-state index is -2.69. The van der Waals surface area contributed by atoms with Crippen LogP contribution in [0.15, 0.2) is 26.5 Å². The number of halogens is 4. The zero-order valence-corrected chi connectivity index (χ0v) is 18.7. The third-order valence-corrected chi connectivity index (χ3v) is 6.69. The molecule has 2 heterocycles. The molecule has 14 heteroatoms. The van der Waals surface area contributed by atoms with Crippen molar-refractivity contribution in [3.05, 3.63) is 64.5 Å². The van der Waals surface area contributed by atoms with E-state index >= 15 is 0 Å². The topological polar surface area (TPSA) is 149 Å². The first-order valence-corrected chi connectivity index (χ1v) is 11.0. The zero-order chi connectivity index (χ0) is 24.4. The number of H-pyrrole nitrogens is 2. The van der Waals surface area contributed by atoms with E-state index in [0.29, 0.717) is 24.0 Å². The number of ether oxygens (including phenoxy) is 1. The van der Waals surface area contributed by atoms with Crippen molar-refractivity contribution in [1.29, 1.82) is 0 Å². The number of aromatic amines is 2. The lowest BCUT2D eigenvalue weighted by molar-refractivity contribution is -0.117. The van der Waals surface area contributed by atoms with E-state index in [1.165, 1.54) is 12.1 Å². The van der Waals surface area contributed by atoms with Gasteiger partial charge in [0.05, 0.1) is 15.7 Å². The van der Waals surface area contributed by atoms with E-state index in [0.717, 1.165) is 4.68 Å². The van der Waals surface area contributed by atoms with E-state index in [2.05, 4.69) is 15.3 Å². The number of nitrogens with zero attached hydrogens (tertiary/aromatic N) is 3. The fraction of sp³-hybridized carbons (Fsp3) is 0.350. The van der Waals surface area contributed by atoms with Crippen molar-refractivity contribution >= 4 is 29.0 Å². The van der Waals surface area contributed by atoms with Gasteiger partial charge in [0.2, 0.25) is 17.6 Å². The van der Waals surface area contributed by atoms with E-state index < -0.39 is 28.5 Å². The lowest BCUT2D eigenvalue weighted by atomic mass is 9.71. The zero-order valence-electron chi connectivity index (χ0n) is 17.2.